The first-order valence-corrected chi connectivity index (χ1v) is 12.3. The Kier molecular flexibility index (Phi) is 8.97. The number of aliphatic hydroxyl groups excluding tert-OH is 1. The van der Waals surface area contributed by atoms with Crippen LogP contribution in [0.4, 0.5) is 0 Å². The minimum absolute atomic E-state index is 0.331. The topological polar surface area (TPSA) is 163 Å². The predicted molar refractivity (Wildman–Crippen MR) is 135 cm³/mol. The van der Waals surface area contributed by atoms with Crippen LogP contribution in [0, 0.1) is 20.2 Å². The molecule has 4 rings (SSSR count). The highest BCUT2D eigenvalue weighted by molar-refractivity contribution is 6.29. The zero-order chi connectivity index (χ0) is 26.5. The van der Waals surface area contributed by atoms with Crippen LogP contribution in [0.1, 0.15) is 11.1 Å². The molecule has 15 heteroatoms. The zero-order valence-electron chi connectivity index (χ0n) is 19.6. The Morgan fingerprint density at radius 1 is 1.03 bits per heavy atom. The molecule has 0 radical (unpaired) electrons. The van der Waals surface area contributed by atoms with Gasteiger partial charge in [-0.15, -0.1) is 0 Å². The van der Waals surface area contributed by atoms with Gasteiger partial charge >= 0.3 is 0 Å². The largest absolute Gasteiger partial charge is 0.381 e. The molecule has 2 aromatic heterocycles. The highest BCUT2D eigenvalue weighted by Gasteiger charge is 2.45. The summed E-state index contributed by atoms with van der Waals surface area (Å²) in [5.41, 5.74) is 1.23. The van der Waals surface area contributed by atoms with E-state index in [-0.39, 0.29) is 5.70 Å². The van der Waals surface area contributed by atoms with Gasteiger partial charge in [-0.2, -0.15) is 0 Å². The Morgan fingerprint density at radius 3 is 2.14 bits per heavy atom. The summed E-state index contributed by atoms with van der Waals surface area (Å²) in [6, 6.07) is 5.25. The van der Waals surface area contributed by atoms with Crippen LogP contribution in [0.5, 0.6) is 0 Å². The third-order valence-corrected chi connectivity index (χ3v) is 6.79. The zero-order valence-corrected chi connectivity index (χ0v) is 21.1. The van der Waals surface area contributed by atoms with Crippen LogP contribution in [0.3, 0.4) is 0 Å². The average molecular weight is 553 g/mol. The maximum atomic E-state index is 12.1. The molecule has 4 atom stereocenters. The molecule has 37 heavy (non-hydrogen) atoms. The fraction of sp³-hybridized carbons (Fsp3) is 0.455. The standard InChI is InChI=1S/C22H26Cl2N8O5/c23-18-3-1-14(10-27-18)12-29-7-5-25-21(29)16(31(34)35)9-17(33)20(32(36)37)22-26-6-8-30(22)13-15-2-4-19(24)28-11-15/h1-4,9-11,17,20-22,25-26,33H,5-8,12-13H2/b16-9-. The molecule has 0 bridgehead atoms. The molecule has 0 aromatic carbocycles. The van der Waals surface area contributed by atoms with E-state index in [2.05, 4.69) is 20.6 Å². The molecule has 2 fully saturated rings. The van der Waals surface area contributed by atoms with E-state index in [1.165, 1.54) is 0 Å². The monoisotopic (exact) mass is 552 g/mol. The van der Waals surface area contributed by atoms with Crippen molar-refractivity contribution in [2.75, 3.05) is 26.2 Å². The Morgan fingerprint density at radius 2 is 1.59 bits per heavy atom. The molecule has 3 N–H and O–H groups in total. The van der Waals surface area contributed by atoms with E-state index in [1.807, 2.05) is 0 Å². The quantitative estimate of drug-likeness (QED) is 0.220. The summed E-state index contributed by atoms with van der Waals surface area (Å²) in [5, 5.41) is 41.8. The second-order valence-electron chi connectivity index (χ2n) is 8.79. The molecule has 13 nitrogen and oxygen atoms in total. The van der Waals surface area contributed by atoms with Gasteiger partial charge in [0.05, 0.1) is 4.92 Å². The van der Waals surface area contributed by atoms with Gasteiger partial charge in [0.1, 0.15) is 22.6 Å². The lowest BCUT2D eigenvalue weighted by Crippen LogP contribution is -2.54. The maximum absolute atomic E-state index is 12.1. The van der Waals surface area contributed by atoms with Crippen molar-refractivity contribution in [3.63, 3.8) is 0 Å². The summed E-state index contributed by atoms with van der Waals surface area (Å²) in [7, 11) is 0. The SMILES string of the molecule is O=[N+]([O-])/C(=C\C(O)C(C1NCCN1Cc1ccc(Cl)nc1)[N+](=O)[O-])C1NCCN1Cc1ccc(Cl)nc1. The van der Waals surface area contributed by atoms with E-state index in [0.717, 1.165) is 17.2 Å². The number of aliphatic hydroxyl groups is 1. The summed E-state index contributed by atoms with van der Waals surface area (Å²) >= 11 is 11.7. The number of rotatable bonds is 10. The van der Waals surface area contributed by atoms with E-state index in [4.69, 9.17) is 23.2 Å². The fourth-order valence-corrected chi connectivity index (χ4v) is 4.85. The second-order valence-corrected chi connectivity index (χ2v) is 9.56. The molecule has 0 spiro atoms. The number of nitro groups is 2. The first kappa shape index (κ1) is 27.3. The van der Waals surface area contributed by atoms with Crippen molar-refractivity contribution in [1.29, 1.82) is 0 Å². The molecule has 0 amide bonds. The first-order chi connectivity index (χ1) is 17.7. The van der Waals surface area contributed by atoms with Crippen LogP contribution in [0.2, 0.25) is 10.3 Å². The number of halogens is 2. The Balaban J connectivity index is 1.53. The lowest BCUT2D eigenvalue weighted by molar-refractivity contribution is -0.540. The van der Waals surface area contributed by atoms with Gasteiger partial charge in [-0.1, -0.05) is 35.3 Å². The van der Waals surface area contributed by atoms with E-state index in [0.29, 0.717) is 49.6 Å². The van der Waals surface area contributed by atoms with Crippen molar-refractivity contribution in [3.05, 3.63) is 90.1 Å². The van der Waals surface area contributed by atoms with Crippen molar-refractivity contribution >= 4 is 23.2 Å². The maximum Gasteiger partial charge on any atom is 0.276 e. The minimum Gasteiger partial charge on any atom is -0.381 e. The number of aromatic nitrogens is 2. The lowest BCUT2D eigenvalue weighted by Gasteiger charge is -2.28. The first-order valence-electron chi connectivity index (χ1n) is 11.6. The highest BCUT2D eigenvalue weighted by atomic mass is 35.5. The number of nitrogens with zero attached hydrogens (tertiary/aromatic N) is 6. The summed E-state index contributed by atoms with van der Waals surface area (Å²) in [5.74, 6) is 0. The molecule has 2 aliphatic rings. The molecular weight excluding hydrogens is 527 g/mol. The van der Waals surface area contributed by atoms with Gasteiger partial charge in [0.2, 0.25) is 0 Å². The van der Waals surface area contributed by atoms with Crippen LogP contribution >= 0.6 is 23.2 Å². The molecule has 2 aliphatic heterocycles. The van der Waals surface area contributed by atoms with Gasteiger partial charge in [-0.05, 0) is 23.3 Å². The molecular formula is C22H26Cl2N8O5. The van der Waals surface area contributed by atoms with Gasteiger partial charge < -0.3 is 5.11 Å². The summed E-state index contributed by atoms with van der Waals surface area (Å²) < 4.78 is 0. The third kappa shape index (κ3) is 6.76. The summed E-state index contributed by atoms with van der Waals surface area (Å²) in [4.78, 5) is 34.6. The molecule has 2 aromatic rings. The highest BCUT2D eigenvalue weighted by Crippen LogP contribution is 2.22. The summed E-state index contributed by atoms with van der Waals surface area (Å²) in [6.07, 6.45) is 0.723. The van der Waals surface area contributed by atoms with Crippen molar-refractivity contribution < 1.29 is 15.0 Å². The molecule has 0 aliphatic carbocycles. The van der Waals surface area contributed by atoms with Crippen LogP contribution in [0.15, 0.2) is 48.4 Å². The minimum atomic E-state index is -1.72. The van der Waals surface area contributed by atoms with E-state index in [1.54, 1.807) is 46.5 Å². The molecule has 2 saturated heterocycles. The van der Waals surface area contributed by atoms with Crippen molar-refractivity contribution in [3.8, 4) is 0 Å². The molecule has 0 saturated carbocycles. The van der Waals surface area contributed by atoms with Gasteiger partial charge in [0.15, 0.2) is 6.17 Å². The van der Waals surface area contributed by atoms with Gasteiger partial charge in [-0.25, -0.2) is 9.97 Å². The number of hydrogen-bond donors (Lipinski definition) is 3. The van der Waals surface area contributed by atoms with Gasteiger partial charge in [0.25, 0.3) is 11.7 Å². The predicted octanol–water partition coefficient (Wildman–Crippen LogP) is 1.11. The Hall–Kier alpha value is -2.78. The summed E-state index contributed by atoms with van der Waals surface area (Å²) in [6.45, 7) is 2.59. The van der Waals surface area contributed by atoms with E-state index < -0.39 is 34.3 Å². The fourth-order valence-electron chi connectivity index (χ4n) is 4.62. The van der Waals surface area contributed by atoms with Crippen LogP contribution in [0.25, 0.3) is 0 Å². The van der Waals surface area contributed by atoms with E-state index >= 15 is 0 Å². The molecule has 4 unspecified atom stereocenters. The Bertz CT molecular complexity index is 1140. The van der Waals surface area contributed by atoms with Gasteiger partial charge in [0, 0.05) is 62.7 Å². The molecule has 198 valence electrons. The van der Waals surface area contributed by atoms with Crippen LogP contribution in [-0.2, 0) is 13.1 Å². The van der Waals surface area contributed by atoms with Crippen LogP contribution in [-0.4, -0.2) is 85.4 Å². The lowest BCUT2D eigenvalue weighted by atomic mass is 10.1. The van der Waals surface area contributed by atoms with Crippen molar-refractivity contribution in [2.45, 2.75) is 37.6 Å². The molecule has 4 heterocycles. The number of pyridine rings is 2. The van der Waals surface area contributed by atoms with Crippen molar-refractivity contribution in [2.24, 2.45) is 0 Å². The smallest absolute Gasteiger partial charge is 0.276 e. The average Bonchev–Trinajstić information content (AvgIpc) is 3.50. The van der Waals surface area contributed by atoms with Gasteiger partial charge in [-0.3, -0.25) is 40.7 Å². The normalized spacial score (nSPS) is 22.7. The third-order valence-electron chi connectivity index (χ3n) is 6.35. The van der Waals surface area contributed by atoms with Crippen molar-refractivity contribution in [1.82, 2.24) is 30.4 Å². The Labute approximate surface area is 222 Å². The number of hydrogen-bond acceptors (Lipinski definition) is 11. The van der Waals surface area contributed by atoms with Crippen LogP contribution < -0.4 is 10.6 Å². The van der Waals surface area contributed by atoms with E-state index in [9.17, 15) is 25.3 Å². The number of nitrogens with one attached hydrogen (secondary N) is 2. The second kappa shape index (κ2) is 12.2.